The minimum atomic E-state index is -3.73. The van der Waals surface area contributed by atoms with Crippen LogP contribution in [0, 0.1) is 13.8 Å². The highest BCUT2D eigenvalue weighted by Gasteiger charge is 2.24. The van der Waals surface area contributed by atoms with Crippen LogP contribution in [0.15, 0.2) is 29.2 Å². The number of aromatic amines is 1. The molecule has 2 aromatic rings. The molecule has 0 saturated carbocycles. The van der Waals surface area contributed by atoms with Gasteiger partial charge in [0.05, 0.1) is 17.1 Å². The van der Waals surface area contributed by atoms with Crippen LogP contribution in [0.4, 0.5) is 11.4 Å². The molecular formula is C15H18N4O3S. The Bertz CT molecular complexity index is 838. The molecule has 0 bridgehead atoms. The molecular weight excluding hydrogens is 316 g/mol. The van der Waals surface area contributed by atoms with Crippen LogP contribution in [0.5, 0.6) is 0 Å². The molecule has 3 rings (SSSR count). The van der Waals surface area contributed by atoms with Gasteiger partial charge in [-0.05, 0) is 38.5 Å². The van der Waals surface area contributed by atoms with Gasteiger partial charge in [-0.2, -0.15) is 5.10 Å². The number of amides is 1. The van der Waals surface area contributed by atoms with Crippen LogP contribution in [0.1, 0.15) is 24.2 Å². The summed E-state index contributed by atoms with van der Waals surface area (Å²) in [5.41, 5.74) is 2.03. The molecule has 0 unspecified atom stereocenters. The summed E-state index contributed by atoms with van der Waals surface area (Å²) >= 11 is 0. The predicted octanol–water partition coefficient (Wildman–Crippen LogP) is 1.95. The summed E-state index contributed by atoms with van der Waals surface area (Å²) in [5, 5.41) is 6.59. The van der Waals surface area contributed by atoms with Crippen LogP contribution in [0.2, 0.25) is 0 Å². The van der Waals surface area contributed by atoms with E-state index in [4.69, 9.17) is 0 Å². The predicted molar refractivity (Wildman–Crippen MR) is 86.9 cm³/mol. The Morgan fingerprint density at radius 3 is 2.70 bits per heavy atom. The molecule has 1 saturated heterocycles. The first kappa shape index (κ1) is 15.5. The van der Waals surface area contributed by atoms with Gasteiger partial charge in [-0.25, -0.2) is 8.42 Å². The molecule has 8 heteroatoms. The van der Waals surface area contributed by atoms with Crippen molar-refractivity contribution in [2.75, 3.05) is 16.2 Å². The number of sulfonamides is 1. The first-order chi connectivity index (χ1) is 10.9. The molecule has 1 aliphatic heterocycles. The van der Waals surface area contributed by atoms with Crippen molar-refractivity contribution in [2.45, 2.75) is 31.6 Å². The molecule has 1 aromatic carbocycles. The summed E-state index contributed by atoms with van der Waals surface area (Å²) in [6.07, 6.45) is 1.35. The summed E-state index contributed by atoms with van der Waals surface area (Å²) in [5.74, 6) is 0.0616. The van der Waals surface area contributed by atoms with E-state index in [1.165, 1.54) is 0 Å². The second-order valence-corrected chi connectivity index (χ2v) is 7.19. The van der Waals surface area contributed by atoms with Crippen LogP contribution >= 0.6 is 0 Å². The van der Waals surface area contributed by atoms with E-state index < -0.39 is 10.0 Å². The molecule has 2 N–H and O–H groups in total. The van der Waals surface area contributed by atoms with Crippen molar-refractivity contribution < 1.29 is 13.2 Å². The first-order valence-corrected chi connectivity index (χ1v) is 8.81. The number of aromatic nitrogens is 2. The highest BCUT2D eigenvalue weighted by molar-refractivity contribution is 7.92. The number of aryl methyl sites for hydroxylation is 2. The number of nitrogens with zero attached hydrogens (tertiary/aromatic N) is 2. The van der Waals surface area contributed by atoms with Crippen molar-refractivity contribution in [3.05, 3.63) is 35.7 Å². The summed E-state index contributed by atoms with van der Waals surface area (Å²) < 4.78 is 27.7. The molecule has 1 aliphatic rings. The zero-order valence-corrected chi connectivity index (χ0v) is 13.8. The fraction of sp³-hybridized carbons (Fsp3) is 0.333. The van der Waals surface area contributed by atoms with Crippen LogP contribution in [0.3, 0.4) is 0 Å². The maximum atomic E-state index is 12.5. The van der Waals surface area contributed by atoms with Crippen LogP contribution in [-0.2, 0) is 14.8 Å². The highest BCUT2D eigenvalue weighted by Crippen LogP contribution is 2.26. The molecule has 23 heavy (non-hydrogen) atoms. The van der Waals surface area contributed by atoms with Gasteiger partial charge in [-0.3, -0.25) is 14.6 Å². The zero-order chi connectivity index (χ0) is 16.6. The quantitative estimate of drug-likeness (QED) is 0.893. The normalized spacial score (nSPS) is 15.2. The lowest BCUT2D eigenvalue weighted by Crippen LogP contribution is -2.23. The largest absolute Gasteiger partial charge is 0.312 e. The van der Waals surface area contributed by atoms with Gasteiger partial charge in [0.2, 0.25) is 5.91 Å². The molecule has 0 radical (unpaired) electrons. The lowest BCUT2D eigenvalue weighted by Gasteiger charge is -2.17. The number of hydrogen-bond donors (Lipinski definition) is 2. The lowest BCUT2D eigenvalue weighted by atomic mass is 10.2. The van der Waals surface area contributed by atoms with Gasteiger partial charge in [0.25, 0.3) is 10.0 Å². The van der Waals surface area contributed by atoms with Crippen molar-refractivity contribution in [3.8, 4) is 0 Å². The Balaban J connectivity index is 1.90. The molecule has 1 fully saturated rings. The van der Waals surface area contributed by atoms with E-state index in [9.17, 15) is 13.2 Å². The average Bonchev–Trinajstić information content (AvgIpc) is 3.05. The Kier molecular flexibility index (Phi) is 3.85. The molecule has 0 aliphatic carbocycles. The number of nitrogens with one attached hydrogen (secondary N) is 2. The van der Waals surface area contributed by atoms with E-state index in [1.807, 2.05) is 0 Å². The third-order valence-electron chi connectivity index (χ3n) is 3.81. The Morgan fingerprint density at radius 1 is 1.30 bits per heavy atom. The maximum absolute atomic E-state index is 12.5. The van der Waals surface area contributed by atoms with E-state index in [1.54, 1.807) is 43.0 Å². The van der Waals surface area contributed by atoms with Crippen molar-refractivity contribution >= 4 is 27.3 Å². The first-order valence-electron chi connectivity index (χ1n) is 7.33. The fourth-order valence-corrected chi connectivity index (χ4v) is 4.22. The van der Waals surface area contributed by atoms with E-state index in [-0.39, 0.29) is 10.8 Å². The minimum absolute atomic E-state index is 0.0616. The van der Waals surface area contributed by atoms with E-state index in [0.29, 0.717) is 35.7 Å². The van der Waals surface area contributed by atoms with Crippen molar-refractivity contribution in [1.82, 2.24) is 10.2 Å². The third-order valence-corrected chi connectivity index (χ3v) is 5.46. The highest BCUT2D eigenvalue weighted by atomic mass is 32.2. The summed E-state index contributed by atoms with van der Waals surface area (Å²) in [6, 6.07) is 6.86. The third kappa shape index (κ3) is 2.94. The second kappa shape index (κ2) is 5.69. The maximum Gasteiger partial charge on any atom is 0.265 e. The number of benzene rings is 1. The van der Waals surface area contributed by atoms with Crippen molar-refractivity contribution in [1.29, 1.82) is 0 Å². The zero-order valence-electron chi connectivity index (χ0n) is 13.0. The summed E-state index contributed by atoms with van der Waals surface area (Å²) in [6.45, 7) is 3.96. The van der Waals surface area contributed by atoms with Gasteiger partial charge in [0.1, 0.15) is 4.90 Å². The molecule has 0 spiro atoms. The number of anilines is 2. The standard InChI is InChI=1S/C15H18N4O3S/c1-10-15(11(2)17-16-10)23(21,22)18-12-5-3-6-13(9-12)19-8-4-7-14(19)20/h3,5-6,9,18H,4,7-8H2,1-2H3,(H,16,17). The second-order valence-electron chi connectivity index (χ2n) is 5.57. The van der Waals surface area contributed by atoms with E-state index in [0.717, 1.165) is 6.42 Å². The van der Waals surface area contributed by atoms with Gasteiger partial charge >= 0.3 is 0 Å². The minimum Gasteiger partial charge on any atom is -0.312 e. The molecule has 122 valence electrons. The van der Waals surface area contributed by atoms with Gasteiger partial charge in [-0.1, -0.05) is 6.07 Å². The van der Waals surface area contributed by atoms with E-state index in [2.05, 4.69) is 14.9 Å². The Hall–Kier alpha value is -2.35. The number of H-pyrrole nitrogens is 1. The summed E-state index contributed by atoms with van der Waals surface area (Å²) in [7, 11) is -3.73. The van der Waals surface area contributed by atoms with Gasteiger partial charge in [0, 0.05) is 18.7 Å². The van der Waals surface area contributed by atoms with Crippen molar-refractivity contribution in [3.63, 3.8) is 0 Å². The monoisotopic (exact) mass is 334 g/mol. The number of carbonyl (C=O) groups excluding carboxylic acids is 1. The lowest BCUT2D eigenvalue weighted by molar-refractivity contribution is -0.117. The number of hydrogen-bond acceptors (Lipinski definition) is 4. The topological polar surface area (TPSA) is 95.2 Å². The van der Waals surface area contributed by atoms with Crippen molar-refractivity contribution in [2.24, 2.45) is 0 Å². The van der Waals surface area contributed by atoms with Crippen LogP contribution < -0.4 is 9.62 Å². The fourth-order valence-electron chi connectivity index (χ4n) is 2.80. The molecule has 7 nitrogen and oxygen atoms in total. The molecule has 1 aromatic heterocycles. The Labute approximate surface area is 134 Å². The van der Waals surface area contributed by atoms with E-state index >= 15 is 0 Å². The molecule has 2 heterocycles. The average molecular weight is 334 g/mol. The van der Waals surface area contributed by atoms with Gasteiger partial charge in [-0.15, -0.1) is 0 Å². The van der Waals surface area contributed by atoms with Gasteiger partial charge < -0.3 is 4.90 Å². The van der Waals surface area contributed by atoms with Crippen LogP contribution in [-0.4, -0.2) is 31.1 Å². The Morgan fingerprint density at radius 2 is 2.09 bits per heavy atom. The number of carbonyl (C=O) groups is 1. The molecule has 1 amide bonds. The molecule has 0 atom stereocenters. The smallest absolute Gasteiger partial charge is 0.265 e. The SMILES string of the molecule is Cc1n[nH]c(C)c1S(=O)(=O)Nc1cccc(N2CCCC2=O)c1. The van der Waals surface area contributed by atoms with Gasteiger partial charge in [0.15, 0.2) is 0 Å². The summed E-state index contributed by atoms with van der Waals surface area (Å²) in [4.78, 5) is 13.6. The number of rotatable bonds is 4. The van der Waals surface area contributed by atoms with Crippen LogP contribution in [0.25, 0.3) is 0 Å².